The van der Waals surface area contributed by atoms with Crippen molar-refractivity contribution in [2.75, 3.05) is 11.6 Å². The van der Waals surface area contributed by atoms with Gasteiger partial charge >= 0.3 is 0 Å². The average Bonchev–Trinajstić information content (AvgIpc) is 3.07. The lowest BCUT2D eigenvalue weighted by molar-refractivity contribution is 0.0995. The van der Waals surface area contributed by atoms with Crippen LogP contribution in [0, 0.1) is 20.8 Å². The molecule has 0 atom stereocenters. The second kappa shape index (κ2) is 7.83. The topological polar surface area (TPSA) is 42.2 Å². The molecule has 4 heteroatoms. The predicted octanol–water partition coefficient (Wildman–Crippen LogP) is 5.77. The van der Waals surface area contributed by atoms with Gasteiger partial charge in [0.1, 0.15) is 5.76 Å². The normalized spacial score (nSPS) is 10.8. The highest BCUT2D eigenvalue weighted by atomic mass is 32.2. The summed E-state index contributed by atoms with van der Waals surface area (Å²) >= 11 is 1.64. The Kier molecular flexibility index (Phi) is 5.52. The number of hydrogen-bond donors (Lipinski definition) is 1. The van der Waals surface area contributed by atoms with E-state index in [0.29, 0.717) is 12.2 Å². The van der Waals surface area contributed by atoms with Gasteiger partial charge in [-0.25, -0.2) is 0 Å². The number of benzene rings is 2. The van der Waals surface area contributed by atoms with Crippen molar-refractivity contribution in [3.63, 3.8) is 0 Å². The lowest BCUT2D eigenvalue weighted by atomic mass is 9.97. The standard InChI is InChI=1S/C22H23NO2S/c1-14-10-15(2)20(16(3)11-14)13-18-8-9-21(25-18)22(24)23-17-6-5-7-19(12-17)26-4/h5-12H,13H2,1-4H3,(H,23,24). The van der Waals surface area contributed by atoms with Crippen molar-refractivity contribution in [1.82, 2.24) is 0 Å². The Balaban J connectivity index is 1.74. The summed E-state index contributed by atoms with van der Waals surface area (Å²) in [4.78, 5) is 13.6. The molecule has 0 unspecified atom stereocenters. The number of amides is 1. The van der Waals surface area contributed by atoms with Gasteiger partial charge in [0.2, 0.25) is 0 Å². The van der Waals surface area contributed by atoms with Crippen LogP contribution < -0.4 is 5.32 Å². The first-order chi connectivity index (χ1) is 12.5. The second-order valence-corrected chi connectivity index (χ2v) is 7.39. The van der Waals surface area contributed by atoms with Crippen LogP contribution in [0.3, 0.4) is 0 Å². The van der Waals surface area contributed by atoms with Gasteiger partial charge in [0, 0.05) is 17.0 Å². The molecule has 0 bridgehead atoms. The van der Waals surface area contributed by atoms with E-state index >= 15 is 0 Å². The third kappa shape index (κ3) is 4.20. The van der Waals surface area contributed by atoms with Crippen molar-refractivity contribution in [2.45, 2.75) is 32.1 Å². The summed E-state index contributed by atoms with van der Waals surface area (Å²) in [7, 11) is 0. The molecule has 0 spiro atoms. The Labute approximate surface area is 158 Å². The molecule has 3 nitrogen and oxygen atoms in total. The van der Waals surface area contributed by atoms with Crippen LogP contribution in [0.4, 0.5) is 5.69 Å². The zero-order chi connectivity index (χ0) is 18.7. The van der Waals surface area contributed by atoms with E-state index < -0.39 is 0 Å². The largest absolute Gasteiger partial charge is 0.456 e. The molecule has 2 aromatic carbocycles. The minimum atomic E-state index is -0.230. The van der Waals surface area contributed by atoms with Gasteiger partial charge in [0.05, 0.1) is 0 Å². The van der Waals surface area contributed by atoms with Crippen LogP contribution in [0.25, 0.3) is 0 Å². The molecule has 0 aliphatic carbocycles. The molecule has 134 valence electrons. The predicted molar refractivity (Wildman–Crippen MR) is 108 cm³/mol. The lowest BCUT2D eigenvalue weighted by Gasteiger charge is -2.10. The Morgan fingerprint density at radius 1 is 1.04 bits per heavy atom. The average molecular weight is 365 g/mol. The van der Waals surface area contributed by atoms with E-state index in [2.05, 4.69) is 38.2 Å². The molecule has 0 saturated carbocycles. The van der Waals surface area contributed by atoms with Crippen LogP contribution in [0.1, 0.15) is 38.6 Å². The van der Waals surface area contributed by atoms with Crippen molar-refractivity contribution in [1.29, 1.82) is 0 Å². The molecule has 0 aliphatic heterocycles. The third-order valence-electron chi connectivity index (χ3n) is 4.40. The van der Waals surface area contributed by atoms with Crippen LogP contribution in [0.2, 0.25) is 0 Å². The van der Waals surface area contributed by atoms with Gasteiger partial charge in [-0.2, -0.15) is 0 Å². The number of carbonyl (C=O) groups excluding carboxylic acids is 1. The maximum Gasteiger partial charge on any atom is 0.291 e. The molecule has 0 radical (unpaired) electrons. The van der Waals surface area contributed by atoms with Crippen LogP contribution in [-0.4, -0.2) is 12.2 Å². The van der Waals surface area contributed by atoms with Gasteiger partial charge in [-0.15, -0.1) is 11.8 Å². The summed E-state index contributed by atoms with van der Waals surface area (Å²) in [6.07, 6.45) is 2.70. The first-order valence-electron chi connectivity index (χ1n) is 8.57. The molecule has 3 rings (SSSR count). The fourth-order valence-corrected chi connectivity index (χ4v) is 3.61. The van der Waals surface area contributed by atoms with Gasteiger partial charge < -0.3 is 9.73 Å². The zero-order valence-corrected chi connectivity index (χ0v) is 16.4. The molecule has 1 heterocycles. The van der Waals surface area contributed by atoms with Crippen LogP contribution in [0.5, 0.6) is 0 Å². The molecule has 26 heavy (non-hydrogen) atoms. The van der Waals surface area contributed by atoms with E-state index in [1.807, 2.05) is 36.6 Å². The highest BCUT2D eigenvalue weighted by Gasteiger charge is 2.13. The van der Waals surface area contributed by atoms with Gasteiger partial charge in [0.25, 0.3) is 5.91 Å². The first kappa shape index (κ1) is 18.3. The second-order valence-electron chi connectivity index (χ2n) is 6.51. The molecule has 0 saturated heterocycles. The van der Waals surface area contributed by atoms with E-state index in [0.717, 1.165) is 16.3 Å². The van der Waals surface area contributed by atoms with E-state index in [1.54, 1.807) is 17.8 Å². The molecule has 1 aromatic heterocycles. The van der Waals surface area contributed by atoms with Gasteiger partial charge in [-0.3, -0.25) is 4.79 Å². The fourth-order valence-electron chi connectivity index (χ4n) is 3.15. The maximum absolute atomic E-state index is 12.4. The van der Waals surface area contributed by atoms with Crippen molar-refractivity contribution in [2.24, 2.45) is 0 Å². The summed E-state index contributed by atoms with van der Waals surface area (Å²) in [5, 5.41) is 2.89. The Morgan fingerprint density at radius 3 is 2.46 bits per heavy atom. The molecule has 0 aliphatic rings. The highest BCUT2D eigenvalue weighted by Crippen LogP contribution is 2.23. The van der Waals surface area contributed by atoms with E-state index in [-0.39, 0.29) is 5.91 Å². The lowest BCUT2D eigenvalue weighted by Crippen LogP contribution is -2.10. The number of nitrogens with one attached hydrogen (secondary N) is 1. The number of carbonyl (C=O) groups is 1. The number of hydrogen-bond acceptors (Lipinski definition) is 3. The SMILES string of the molecule is CSc1cccc(NC(=O)c2ccc(Cc3c(C)cc(C)cc3C)o2)c1. The Bertz CT molecular complexity index is 920. The number of anilines is 1. The Morgan fingerprint density at radius 2 is 1.77 bits per heavy atom. The third-order valence-corrected chi connectivity index (χ3v) is 5.13. The Hall–Kier alpha value is -2.46. The van der Waals surface area contributed by atoms with Crippen LogP contribution >= 0.6 is 11.8 Å². The molecule has 3 aromatic rings. The van der Waals surface area contributed by atoms with Crippen molar-refractivity contribution >= 4 is 23.4 Å². The molecule has 0 fully saturated rings. The van der Waals surface area contributed by atoms with E-state index in [4.69, 9.17) is 4.42 Å². The number of rotatable bonds is 5. The number of thioether (sulfide) groups is 1. The van der Waals surface area contributed by atoms with E-state index in [1.165, 1.54) is 22.3 Å². The summed E-state index contributed by atoms with van der Waals surface area (Å²) in [5.74, 6) is 0.895. The van der Waals surface area contributed by atoms with Gasteiger partial charge in [-0.05, 0) is 74.0 Å². The van der Waals surface area contributed by atoms with Crippen molar-refractivity contribution in [3.8, 4) is 0 Å². The number of aryl methyl sites for hydroxylation is 3. The van der Waals surface area contributed by atoms with Gasteiger partial charge in [0.15, 0.2) is 5.76 Å². The zero-order valence-electron chi connectivity index (χ0n) is 15.6. The van der Waals surface area contributed by atoms with Crippen LogP contribution in [0.15, 0.2) is 57.8 Å². The summed E-state index contributed by atoms with van der Waals surface area (Å²) in [5.41, 5.74) is 5.78. The molecular weight excluding hydrogens is 342 g/mol. The van der Waals surface area contributed by atoms with Crippen LogP contribution in [-0.2, 0) is 6.42 Å². The number of furan rings is 1. The molecule has 1 N–H and O–H groups in total. The molecule has 1 amide bonds. The highest BCUT2D eigenvalue weighted by molar-refractivity contribution is 7.98. The van der Waals surface area contributed by atoms with Crippen molar-refractivity contribution in [3.05, 3.63) is 82.3 Å². The minimum Gasteiger partial charge on any atom is -0.456 e. The van der Waals surface area contributed by atoms with E-state index in [9.17, 15) is 4.79 Å². The fraction of sp³-hybridized carbons (Fsp3) is 0.227. The monoisotopic (exact) mass is 365 g/mol. The first-order valence-corrected chi connectivity index (χ1v) is 9.79. The summed E-state index contributed by atoms with van der Waals surface area (Å²) in [6, 6.07) is 15.7. The summed E-state index contributed by atoms with van der Waals surface area (Å²) < 4.78 is 5.80. The van der Waals surface area contributed by atoms with Gasteiger partial charge in [-0.1, -0.05) is 23.8 Å². The van der Waals surface area contributed by atoms with Crippen molar-refractivity contribution < 1.29 is 9.21 Å². The molecular formula is C22H23NO2S. The quantitative estimate of drug-likeness (QED) is 0.584. The minimum absolute atomic E-state index is 0.230. The maximum atomic E-state index is 12.4. The summed E-state index contributed by atoms with van der Waals surface area (Å²) in [6.45, 7) is 6.33. The smallest absolute Gasteiger partial charge is 0.291 e.